The monoisotopic (exact) mass is 266 g/mol. The molecule has 2 heterocycles. The lowest BCUT2D eigenvalue weighted by atomic mass is 10.1. The molecular weight excluding hydrogens is 244 g/mol. The molecule has 1 aliphatic heterocycles. The van der Waals surface area contributed by atoms with Gasteiger partial charge in [0.2, 0.25) is 0 Å². The number of oxazole rings is 1. The van der Waals surface area contributed by atoms with E-state index < -0.39 is 5.97 Å². The highest BCUT2D eigenvalue weighted by molar-refractivity contribution is 5.87. The van der Waals surface area contributed by atoms with E-state index in [0.29, 0.717) is 18.7 Å². The quantitative estimate of drug-likeness (QED) is 0.784. The lowest BCUT2D eigenvalue weighted by Gasteiger charge is -2.27. The van der Waals surface area contributed by atoms with E-state index in [-0.39, 0.29) is 5.69 Å². The van der Waals surface area contributed by atoms with Gasteiger partial charge >= 0.3 is 5.97 Å². The number of carbonyl (C=O) groups is 1. The van der Waals surface area contributed by atoms with Crippen LogP contribution in [0.2, 0.25) is 0 Å². The van der Waals surface area contributed by atoms with E-state index in [1.165, 1.54) is 19.1 Å². The van der Waals surface area contributed by atoms with E-state index in [2.05, 4.69) is 16.8 Å². The number of nitrogens with zero attached hydrogens (tertiary/aromatic N) is 2. The molecule has 1 atom stereocenters. The zero-order chi connectivity index (χ0) is 13.7. The van der Waals surface area contributed by atoms with Gasteiger partial charge < -0.3 is 14.1 Å². The third-order valence-electron chi connectivity index (χ3n) is 3.57. The molecule has 1 aromatic heterocycles. The molecule has 1 saturated heterocycles. The van der Waals surface area contributed by atoms with Crippen LogP contribution in [0.25, 0.3) is 0 Å². The summed E-state index contributed by atoms with van der Waals surface area (Å²) < 4.78 is 10.4. The Morgan fingerprint density at radius 1 is 1.47 bits per heavy atom. The van der Waals surface area contributed by atoms with E-state index in [4.69, 9.17) is 9.15 Å². The minimum Gasteiger partial charge on any atom is -0.461 e. The Labute approximate surface area is 113 Å². The van der Waals surface area contributed by atoms with Gasteiger partial charge in [0.05, 0.1) is 6.61 Å². The summed E-state index contributed by atoms with van der Waals surface area (Å²) in [4.78, 5) is 18.1. The Morgan fingerprint density at radius 3 is 3.05 bits per heavy atom. The zero-order valence-corrected chi connectivity index (χ0v) is 11.7. The lowest BCUT2D eigenvalue weighted by molar-refractivity contribution is 0.0519. The second-order valence-corrected chi connectivity index (χ2v) is 4.84. The average Bonchev–Trinajstić information content (AvgIpc) is 2.78. The summed E-state index contributed by atoms with van der Waals surface area (Å²) in [5.41, 5.74) is 0.260. The fraction of sp³-hybridized carbons (Fsp3) is 0.714. The number of hydrogen-bond donors (Lipinski definition) is 0. The summed E-state index contributed by atoms with van der Waals surface area (Å²) in [6.07, 6.45) is 7.27. The summed E-state index contributed by atoms with van der Waals surface area (Å²) in [5, 5.41) is 0. The number of aromatic nitrogens is 1. The van der Waals surface area contributed by atoms with Gasteiger partial charge in [0.1, 0.15) is 6.26 Å². The van der Waals surface area contributed by atoms with Crippen molar-refractivity contribution in [3.05, 3.63) is 12.0 Å². The van der Waals surface area contributed by atoms with Gasteiger partial charge in [0, 0.05) is 12.6 Å². The summed E-state index contributed by atoms with van der Waals surface area (Å²) in [5.74, 6) is -0.416. The standard InChI is InChI=1S/C14H22N2O3/c1-3-11-8-6-5-7-9-16(11)14-15-12(10-19-14)13(17)18-4-2/h10-11H,3-9H2,1-2H3. The highest BCUT2D eigenvalue weighted by Gasteiger charge is 2.24. The molecule has 0 saturated carbocycles. The number of hydrogen-bond acceptors (Lipinski definition) is 5. The SMILES string of the molecule is CCOC(=O)c1coc(N2CCCCCC2CC)n1. The smallest absolute Gasteiger partial charge is 0.360 e. The topological polar surface area (TPSA) is 55.6 Å². The van der Waals surface area contributed by atoms with Crippen LogP contribution in [0.1, 0.15) is 56.4 Å². The Kier molecular flexibility index (Phi) is 4.82. The van der Waals surface area contributed by atoms with Crippen molar-refractivity contribution in [2.75, 3.05) is 18.1 Å². The maximum Gasteiger partial charge on any atom is 0.360 e. The number of anilines is 1. The van der Waals surface area contributed by atoms with Gasteiger partial charge in [-0.3, -0.25) is 0 Å². The third-order valence-corrected chi connectivity index (χ3v) is 3.57. The third kappa shape index (κ3) is 3.28. The normalized spacial score (nSPS) is 20.1. The van der Waals surface area contributed by atoms with Crippen molar-refractivity contribution < 1.29 is 13.9 Å². The van der Waals surface area contributed by atoms with Crippen molar-refractivity contribution in [1.82, 2.24) is 4.98 Å². The lowest BCUT2D eigenvalue weighted by Crippen LogP contribution is -2.34. The molecule has 0 aromatic carbocycles. The average molecular weight is 266 g/mol. The molecule has 5 heteroatoms. The Morgan fingerprint density at radius 2 is 2.32 bits per heavy atom. The van der Waals surface area contributed by atoms with Crippen LogP contribution in [0.4, 0.5) is 6.01 Å². The molecule has 1 unspecified atom stereocenters. The Balaban J connectivity index is 2.13. The van der Waals surface area contributed by atoms with Crippen LogP contribution in [-0.2, 0) is 4.74 Å². The minimum absolute atomic E-state index is 0.260. The second kappa shape index (κ2) is 6.59. The van der Waals surface area contributed by atoms with Crippen LogP contribution in [0.3, 0.4) is 0 Å². The first kappa shape index (κ1) is 13.9. The first-order chi connectivity index (χ1) is 9.26. The largest absolute Gasteiger partial charge is 0.461 e. The van der Waals surface area contributed by atoms with E-state index in [1.54, 1.807) is 6.92 Å². The summed E-state index contributed by atoms with van der Waals surface area (Å²) in [7, 11) is 0. The Bertz CT molecular complexity index is 417. The number of rotatable bonds is 4. The van der Waals surface area contributed by atoms with E-state index >= 15 is 0 Å². The number of ether oxygens (including phenoxy) is 1. The molecule has 19 heavy (non-hydrogen) atoms. The summed E-state index contributed by atoms with van der Waals surface area (Å²) in [6, 6.07) is 1.01. The van der Waals surface area contributed by atoms with Gasteiger partial charge in [-0.1, -0.05) is 19.8 Å². The molecule has 2 rings (SSSR count). The predicted molar refractivity (Wildman–Crippen MR) is 72.4 cm³/mol. The van der Waals surface area contributed by atoms with Crippen LogP contribution in [0.15, 0.2) is 10.7 Å². The van der Waals surface area contributed by atoms with E-state index in [9.17, 15) is 4.79 Å². The van der Waals surface area contributed by atoms with Crippen molar-refractivity contribution in [2.45, 2.75) is 52.0 Å². The highest BCUT2D eigenvalue weighted by atomic mass is 16.5. The molecule has 1 aromatic rings. The predicted octanol–water partition coefficient (Wildman–Crippen LogP) is 3.01. The molecule has 0 aliphatic carbocycles. The molecular formula is C14H22N2O3. The van der Waals surface area contributed by atoms with Crippen LogP contribution in [0.5, 0.6) is 0 Å². The van der Waals surface area contributed by atoms with Gasteiger partial charge in [-0.15, -0.1) is 0 Å². The molecule has 1 fully saturated rings. The maximum absolute atomic E-state index is 11.6. The van der Waals surface area contributed by atoms with Gasteiger partial charge in [-0.05, 0) is 26.2 Å². The Hall–Kier alpha value is -1.52. The molecule has 5 nitrogen and oxygen atoms in total. The fourth-order valence-electron chi connectivity index (χ4n) is 2.55. The summed E-state index contributed by atoms with van der Waals surface area (Å²) in [6.45, 7) is 5.25. The molecule has 1 aliphatic rings. The van der Waals surface area contributed by atoms with Gasteiger partial charge in [0.15, 0.2) is 5.69 Å². The molecule has 0 N–H and O–H groups in total. The van der Waals surface area contributed by atoms with Crippen molar-refractivity contribution in [1.29, 1.82) is 0 Å². The first-order valence-corrected chi connectivity index (χ1v) is 7.15. The molecule has 0 radical (unpaired) electrons. The van der Waals surface area contributed by atoms with Gasteiger partial charge in [-0.25, -0.2) is 4.79 Å². The molecule has 0 amide bonds. The van der Waals surface area contributed by atoms with Crippen LogP contribution in [-0.4, -0.2) is 30.1 Å². The first-order valence-electron chi connectivity index (χ1n) is 7.15. The van der Waals surface area contributed by atoms with Crippen molar-refractivity contribution in [3.63, 3.8) is 0 Å². The number of carbonyl (C=O) groups excluding carboxylic acids is 1. The minimum atomic E-state index is -0.416. The molecule has 0 spiro atoms. The van der Waals surface area contributed by atoms with Gasteiger partial charge in [-0.2, -0.15) is 4.98 Å². The molecule has 0 bridgehead atoms. The van der Waals surface area contributed by atoms with Gasteiger partial charge in [0.25, 0.3) is 6.01 Å². The number of esters is 1. The van der Waals surface area contributed by atoms with Crippen LogP contribution >= 0.6 is 0 Å². The zero-order valence-electron chi connectivity index (χ0n) is 11.7. The van der Waals surface area contributed by atoms with Crippen molar-refractivity contribution in [2.24, 2.45) is 0 Å². The maximum atomic E-state index is 11.6. The van der Waals surface area contributed by atoms with Crippen LogP contribution in [0, 0.1) is 0 Å². The van der Waals surface area contributed by atoms with Crippen LogP contribution < -0.4 is 4.90 Å². The summed E-state index contributed by atoms with van der Waals surface area (Å²) >= 11 is 0. The van der Waals surface area contributed by atoms with E-state index in [1.807, 2.05) is 0 Å². The highest BCUT2D eigenvalue weighted by Crippen LogP contribution is 2.25. The molecule has 106 valence electrons. The van der Waals surface area contributed by atoms with E-state index in [0.717, 1.165) is 25.8 Å². The van der Waals surface area contributed by atoms with Crippen molar-refractivity contribution >= 4 is 12.0 Å². The second-order valence-electron chi connectivity index (χ2n) is 4.84. The fourth-order valence-corrected chi connectivity index (χ4v) is 2.55. The van der Waals surface area contributed by atoms with Crippen molar-refractivity contribution in [3.8, 4) is 0 Å².